The van der Waals surface area contributed by atoms with Gasteiger partial charge in [0.1, 0.15) is 12.0 Å². The molecule has 4 rings (SSSR count). The number of aryl methyl sites for hydroxylation is 1. The monoisotopic (exact) mass is 338 g/mol. The number of carbonyl (C=O) groups is 1. The third-order valence-electron chi connectivity index (χ3n) is 5.03. The molecule has 6 nitrogen and oxygen atoms in total. The van der Waals surface area contributed by atoms with E-state index in [1.807, 2.05) is 24.0 Å². The van der Waals surface area contributed by atoms with Gasteiger partial charge in [-0.25, -0.2) is 15.0 Å². The van der Waals surface area contributed by atoms with Crippen molar-refractivity contribution in [2.45, 2.75) is 32.1 Å². The van der Waals surface area contributed by atoms with Gasteiger partial charge >= 0.3 is 0 Å². The van der Waals surface area contributed by atoms with Crippen molar-refractivity contribution in [1.82, 2.24) is 19.9 Å². The lowest BCUT2D eigenvalue weighted by molar-refractivity contribution is 0.0756. The van der Waals surface area contributed by atoms with Crippen LogP contribution in [0, 0.1) is 6.92 Å². The van der Waals surface area contributed by atoms with Gasteiger partial charge in [-0.1, -0.05) is 6.07 Å². The fourth-order valence-corrected chi connectivity index (χ4v) is 3.68. The molecule has 1 amide bonds. The summed E-state index contributed by atoms with van der Waals surface area (Å²) >= 11 is 0. The van der Waals surface area contributed by atoms with Crippen molar-refractivity contribution in [2.75, 3.05) is 26.3 Å². The first kappa shape index (κ1) is 16.1. The molecule has 2 aromatic heterocycles. The predicted molar refractivity (Wildman–Crippen MR) is 92.5 cm³/mol. The molecular weight excluding hydrogens is 316 g/mol. The van der Waals surface area contributed by atoms with Crippen LogP contribution in [0.15, 0.2) is 24.5 Å². The van der Waals surface area contributed by atoms with Crippen LogP contribution in [0.2, 0.25) is 0 Å². The highest BCUT2D eigenvalue weighted by Crippen LogP contribution is 2.29. The number of nitrogens with zero attached hydrogens (tertiary/aromatic N) is 4. The zero-order valence-corrected chi connectivity index (χ0v) is 14.4. The summed E-state index contributed by atoms with van der Waals surface area (Å²) in [6, 6.07) is 5.57. The first-order chi connectivity index (χ1) is 12.2. The molecule has 6 heteroatoms. The Morgan fingerprint density at radius 3 is 2.92 bits per heavy atom. The summed E-state index contributed by atoms with van der Waals surface area (Å²) in [5.74, 6) is 0.354. The van der Waals surface area contributed by atoms with Crippen molar-refractivity contribution in [3.63, 3.8) is 0 Å². The zero-order valence-electron chi connectivity index (χ0n) is 14.4. The molecule has 1 fully saturated rings. The Morgan fingerprint density at radius 1 is 1.24 bits per heavy atom. The van der Waals surface area contributed by atoms with E-state index >= 15 is 0 Å². The van der Waals surface area contributed by atoms with Crippen LogP contribution in [-0.2, 0) is 17.6 Å². The number of ether oxygens (including phenoxy) is 1. The Kier molecular flexibility index (Phi) is 4.44. The number of aromatic nitrogens is 3. The molecule has 0 aromatic carbocycles. The van der Waals surface area contributed by atoms with Crippen LogP contribution in [0.1, 0.15) is 45.5 Å². The average Bonchev–Trinajstić information content (AvgIpc) is 3.07. The maximum Gasteiger partial charge on any atom is 0.272 e. The minimum absolute atomic E-state index is 0.00443. The molecule has 2 aliphatic heterocycles. The van der Waals surface area contributed by atoms with Crippen molar-refractivity contribution in [2.24, 2.45) is 0 Å². The lowest BCUT2D eigenvalue weighted by atomic mass is 9.96. The Labute approximate surface area is 147 Å². The molecule has 25 heavy (non-hydrogen) atoms. The number of fused-ring (bicyclic) bond motifs is 1. The number of rotatable bonds is 2. The van der Waals surface area contributed by atoms with Crippen molar-refractivity contribution in [3.05, 3.63) is 52.9 Å². The van der Waals surface area contributed by atoms with Crippen LogP contribution in [0.3, 0.4) is 0 Å². The van der Waals surface area contributed by atoms with Gasteiger partial charge in [0.05, 0.1) is 12.3 Å². The molecule has 1 saturated heterocycles. The quantitative estimate of drug-likeness (QED) is 0.837. The van der Waals surface area contributed by atoms with Gasteiger partial charge in [0.2, 0.25) is 0 Å². The third-order valence-corrected chi connectivity index (χ3v) is 5.03. The fraction of sp³-hybridized carbons (Fsp3) is 0.474. The van der Waals surface area contributed by atoms with Gasteiger partial charge in [-0.15, -0.1) is 0 Å². The molecule has 1 atom stereocenters. The highest BCUT2D eigenvalue weighted by molar-refractivity contribution is 5.92. The van der Waals surface area contributed by atoms with Gasteiger partial charge in [-0.3, -0.25) is 4.79 Å². The molecule has 0 bridgehead atoms. The van der Waals surface area contributed by atoms with Gasteiger partial charge in [0.15, 0.2) is 0 Å². The number of carbonyl (C=O) groups excluding carboxylic acids is 1. The van der Waals surface area contributed by atoms with E-state index < -0.39 is 0 Å². The number of hydrogen-bond acceptors (Lipinski definition) is 5. The van der Waals surface area contributed by atoms with E-state index in [-0.39, 0.29) is 5.91 Å². The van der Waals surface area contributed by atoms with Crippen LogP contribution in [0.5, 0.6) is 0 Å². The first-order valence-electron chi connectivity index (χ1n) is 8.85. The van der Waals surface area contributed by atoms with Crippen LogP contribution in [0.4, 0.5) is 0 Å². The average molecular weight is 338 g/mol. The van der Waals surface area contributed by atoms with Gasteiger partial charge < -0.3 is 9.64 Å². The van der Waals surface area contributed by atoms with Crippen molar-refractivity contribution in [3.8, 4) is 0 Å². The molecule has 130 valence electrons. The molecule has 0 radical (unpaired) electrons. The second-order valence-corrected chi connectivity index (χ2v) is 6.70. The van der Waals surface area contributed by atoms with Crippen LogP contribution < -0.4 is 0 Å². The largest absolute Gasteiger partial charge is 0.381 e. The second-order valence-electron chi connectivity index (χ2n) is 6.70. The lowest BCUT2D eigenvalue weighted by Crippen LogP contribution is -2.34. The van der Waals surface area contributed by atoms with E-state index in [0.717, 1.165) is 49.6 Å². The molecule has 0 saturated carbocycles. The standard InChI is InChI=1S/C19H22N4O2/c1-13-3-2-4-17(22-13)19(24)23-8-5-15-16(6-9-23)20-12-21-18(15)14-7-10-25-11-14/h2-4,12,14H,5-11H2,1H3/t14-/m0/s1. The van der Waals surface area contributed by atoms with Gasteiger partial charge in [-0.2, -0.15) is 0 Å². The molecule has 0 unspecified atom stereocenters. The van der Waals surface area contributed by atoms with E-state index in [4.69, 9.17) is 4.74 Å². The fourth-order valence-electron chi connectivity index (χ4n) is 3.68. The highest BCUT2D eigenvalue weighted by Gasteiger charge is 2.27. The third kappa shape index (κ3) is 3.26. The minimum Gasteiger partial charge on any atom is -0.381 e. The summed E-state index contributed by atoms with van der Waals surface area (Å²) in [6.45, 7) is 4.78. The molecule has 2 aromatic rings. The van der Waals surface area contributed by atoms with E-state index in [0.29, 0.717) is 24.7 Å². The van der Waals surface area contributed by atoms with E-state index in [2.05, 4.69) is 15.0 Å². The van der Waals surface area contributed by atoms with Crippen molar-refractivity contribution in [1.29, 1.82) is 0 Å². The minimum atomic E-state index is -0.00443. The molecular formula is C19H22N4O2. The Hall–Kier alpha value is -2.34. The number of hydrogen-bond donors (Lipinski definition) is 0. The van der Waals surface area contributed by atoms with Crippen LogP contribution >= 0.6 is 0 Å². The summed E-state index contributed by atoms with van der Waals surface area (Å²) in [5, 5.41) is 0. The van der Waals surface area contributed by atoms with Crippen molar-refractivity contribution < 1.29 is 9.53 Å². The summed E-state index contributed by atoms with van der Waals surface area (Å²) in [7, 11) is 0. The maximum absolute atomic E-state index is 12.8. The Bertz CT molecular complexity index is 787. The second kappa shape index (κ2) is 6.88. The summed E-state index contributed by atoms with van der Waals surface area (Å²) in [4.78, 5) is 28.1. The Balaban J connectivity index is 1.55. The van der Waals surface area contributed by atoms with Crippen LogP contribution in [-0.4, -0.2) is 52.1 Å². The lowest BCUT2D eigenvalue weighted by Gasteiger charge is -2.20. The number of amides is 1. The number of pyridine rings is 1. The first-order valence-corrected chi connectivity index (χ1v) is 8.85. The van der Waals surface area contributed by atoms with Crippen LogP contribution in [0.25, 0.3) is 0 Å². The normalized spacial score (nSPS) is 20.2. The molecule has 0 N–H and O–H groups in total. The van der Waals surface area contributed by atoms with Crippen molar-refractivity contribution >= 4 is 5.91 Å². The molecule has 0 spiro atoms. The molecule has 0 aliphatic carbocycles. The van der Waals surface area contributed by atoms with E-state index in [1.54, 1.807) is 12.4 Å². The SMILES string of the molecule is Cc1cccc(C(=O)N2CCc3ncnc([C@H]4CCOC4)c3CC2)n1. The summed E-state index contributed by atoms with van der Waals surface area (Å²) < 4.78 is 5.53. The van der Waals surface area contributed by atoms with E-state index in [9.17, 15) is 4.79 Å². The maximum atomic E-state index is 12.8. The van der Waals surface area contributed by atoms with Gasteiger partial charge in [0, 0.05) is 43.4 Å². The smallest absolute Gasteiger partial charge is 0.272 e. The van der Waals surface area contributed by atoms with E-state index in [1.165, 1.54) is 5.56 Å². The zero-order chi connectivity index (χ0) is 17.2. The molecule has 2 aliphatic rings. The van der Waals surface area contributed by atoms with Gasteiger partial charge in [0.25, 0.3) is 5.91 Å². The summed E-state index contributed by atoms with van der Waals surface area (Å²) in [6.07, 6.45) is 4.22. The van der Waals surface area contributed by atoms with Gasteiger partial charge in [-0.05, 0) is 37.5 Å². The Morgan fingerprint density at radius 2 is 2.12 bits per heavy atom. The highest BCUT2D eigenvalue weighted by atomic mass is 16.5. The predicted octanol–water partition coefficient (Wildman–Crippen LogP) is 1.92. The summed E-state index contributed by atoms with van der Waals surface area (Å²) in [5.41, 5.74) is 4.78. The molecule has 4 heterocycles. The topological polar surface area (TPSA) is 68.2 Å².